The Labute approximate surface area is 163 Å². The smallest absolute Gasteiger partial charge is 0.246 e. The molecule has 1 aliphatic heterocycles. The van der Waals surface area contributed by atoms with Gasteiger partial charge in [-0.2, -0.15) is 4.31 Å². The Morgan fingerprint density at radius 2 is 1.79 bits per heavy atom. The van der Waals surface area contributed by atoms with Gasteiger partial charge in [-0.25, -0.2) is 12.8 Å². The van der Waals surface area contributed by atoms with Gasteiger partial charge in [-0.05, 0) is 49.4 Å². The fourth-order valence-corrected chi connectivity index (χ4v) is 4.24. The lowest BCUT2D eigenvalue weighted by Crippen LogP contribution is -2.40. The number of carbonyl (C=O) groups is 1. The number of benzene rings is 2. The summed E-state index contributed by atoms with van der Waals surface area (Å²) < 4.78 is 45.0. The molecule has 2 N–H and O–H groups in total. The normalized spacial score (nSPS) is 16.4. The zero-order valence-corrected chi connectivity index (χ0v) is 16.2. The maximum Gasteiger partial charge on any atom is 0.246 e. The number of amides is 1. The summed E-state index contributed by atoms with van der Waals surface area (Å²) in [7, 11) is -3.64. The summed E-state index contributed by atoms with van der Waals surface area (Å²) in [5.74, 6) is -0.703. The Hall–Kier alpha value is -2.49. The SMILES string of the molecule is C[C@@H](Nc1ccc(F)cc1)C(=O)Nc1cccc(S(=O)(=O)N2CCOCC2)c1. The van der Waals surface area contributed by atoms with E-state index in [1.54, 1.807) is 19.1 Å². The van der Waals surface area contributed by atoms with Crippen LogP contribution in [0.2, 0.25) is 0 Å². The minimum Gasteiger partial charge on any atom is -0.379 e. The monoisotopic (exact) mass is 407 g/mol. The Bertz CT molecular complexity index is 928. The standard InChI is InChI=1S/C19H22FN3O4S/c1-14(21-16-7-5-15(20)6-8-16)19(24)22-17-3-2-4-18(13-17)28(25,26)23-9-11-27-12-10-23/h2-8,13-14,21H,9-12H2,1H3,(H,22,24)/t14-/m1/s1. The number of sulfonamides is 1. The number of anilines is 2. The third-order valence-electron chi connectivity index (χ3n) is 4.33. The van der Waals surface area contributed by atoms with Gasteiger partial charge in [0.15, 0.2) is 0 Å². The Morgan fingerprint density at radius 1 is 1.11 bits per heavy atom. The molecule has 1 fully saturated rings. The molecule has 2 aromatic carbocycles. The van der Waals surface area contributed by atoms with Crippen LogP contribution in [0.1, 0.15) is 6.92 Å². The summed E-state index contributed by atoms with van der Waals surface area (Å²) in [5, 5.41) is 5.67. The first-order valence-electron chi connectivity index (χ1n) is 8.87. The van der Waals surface area contributed by atoms with Crippen molar-refractivity contribution < 1.29 is 22.3 Å². The molecule has 1 aliphatic rings. The molecule has 1 heterocycles. The summed E-state index contributed by atoms with van der Waals surface area (Å²) in [6.07, 6.45) is 0. The van der Waals surface area contributed by atoms with Crippen molar-refractivity contribution in [3.63, 3.8) is 0 Å². The van der Waals surface area contributed by atoms with Crippen LogP contribution in [-0.2, 0) is 19.6 Å². The zero-order chi connectivity index (χ0) is 20.1. The average Bonchev–Trinajstić information content (AvgIpc) is 2.70. The molecule has 0 spiro atoms. The molecule has 0 aromatic heterocycles. The molecule has 0 unspecified atom stereocenters. The molecule has 1 saturated heterocycles. The highest BCUT2D eigenvalue weighted by molar-refractivity contribution is 7.89. The second kappa shape index (κ2) is 8.68. The number of halogens is 1. The van der Waals surface area contributed by atoms with Gasteiger partial charge in [0.05, 0.1) is 18.1 Å². The van der Waals surface area contributed by atoms with Crippen LogP contribution < -0.4 is 10.6 Å². The minimum absolute atomic E-state index is 0.117. The van der Waals surface area contributed by atoms with Crippen LogP contribution >= 0.6 is 0 Å². The second-order valence-electron chi connectivity index (χ2n) is 6.41. The number of rotatable bonds is 6. The molecular weight excluding hydrogens is 385 g/mol. The molecule has 0 radical (unpaired) electrons. The van der Waals surface area contributed by atoms with E-state index >= 15 is 0 Å². The zero-order valence-electron chi connectivity index (χ0n) is 15.4. The topological polar surface area (TPSA) is 87.7 Å². The van der Waals surface area contributed by atoms with E-state index in [1.807, 2.05) is 0 Å². The van der Waals surface area contributed by atoms with Gasteiger partial charge in [0.25, 0.3) is 0 Å². The first-order valence-corrected chi connectivity index (χ1v) is 10.3. The van der Waals surface area contributed by atoms with Gasteiger partial charge >= 0.3 is 0 Å². The van der Waals surface area contributed by atoms with Gasteiger partial charge in [0, 0.05) is 24.5 Å². The Morgan fingerprint density at radius 3 is 2.46 bits per heavy atom. The lowest BCUT2D eigenvalue weighted by molar-refractivity contribution is -0.116. The second-order valence-corrected chi connectivity index (χ2v) is 8.34. The number of nitrogens with one attached hydrogen (secondary N) is 2. The molecule has 0 saturated carbocycles. The quantitative estimate of drug-likeness (QED) is 0.767. The molecule has 2 aromatic rings. The molecule has 0 bridgehead atoms. The van der Waals surface area contributed by atoms with Crippen molar-refractivity contribution in [3.8, 4) is 0 Å². The predicted molar refractivity (Wildman–Crippen MR) is 104 cm³/mol. The fraction of sp³-hybridized carbons (Fsp3) is 0.316. The van der Waals surface area contributed by atoms with Crippen molar-refractivity contribution in [2.75, 3.05) is 36.9 Å². The molecular formula is C19H22FN3O4S. The van der Waals surface area contributed by atoms with E-state index < -0.39 is 16.1 Å². The van der Waals surface area contributed by atoms with Crippen molar-refractivity contribution in [2.45, 2.75) is 17.9 Å². The molecule has 1 amide bonds. The van der Waals surface area contributed by atoms with Crippen LogP contribution in [0.4, 0.5) is 15.8 Å². The maximum atomic E-state index is 13.0. The maximum absolute atomic E-state index is 13.0. The molecule has 0 aliphatic carbocycles. The first kappa shape index (κ1) is 20.2. The number of nitrogens with zero attached hydrogens (tertiary/aromatic N) is 1. The fourth-order valence-electron chi connectivity index (χ4n) is 2.78. The molecule has 3 rings (SSSR count). The van der Waals surface area contributed by atoms with Gasteiger partial charge in [-0.15, -0.1) is 0 Å². The third-order valence-corrected chi connectivity index (χ3v) is 6.22. The average molecular weight is 407 g/mol. The van der Waals surface area contributed by atoms with E-state index in [2.05, 4.69) is 10.6 Å². The Balaban J connectivity index is 1.68. The van der Waals surface area contributed by atoms with Crippen LogP contribution in [0.25, 0.3) is 0 Å². The predicted octanol–water partition coefficient (Wildman–Crippen LogP) is 2.29. The summed E-state index contributed by atoms with van der Waals surface area (Å²) in [5.41, 5.74) is 0.986. The van der Waals surface area contributed by atoms with Gasteiger partial charge in [0.2, 0.25) is 15.9 Å². The van der Waals surface area contributed by atoms with Crippen LogP contribution in [-0.4, -0.2) is 51.0 Å². The number of hydrogen-bond donors (Lipinski definition) is 2. The molecule has 150 valence electrons. The third kappa shape index (κ3) is 4.86. The summed E-state index contributed by atoms with van der Waals surface area (Å²) >= 11 is 0. The number of carbonyl (C=O) groups excluding carboxylic acids is 1. The number of hydrogen-bond acceptors (Lipinski definition) is 5. The van der Waals surface area contributed by atoms with Crippen LogP contribution in [0, 0.1) is 5.82 Å². The van der Waals surface area contributed by atoms with Gasteiger partial charge in [0.1, 0.15) is 11.9 Å². The van der Waals surface area contributed by atoms with Gasteiger partial charge in [-0.1, -0.05) is 6.07 Å². The van der Waals surface area contributed by atoms with Crippen molar-refractivity contribution in [3.05, 3.63) is 54.3 Å². The summed E-state index contributed by atoms with van der Waals surface area (Å²) in [6, 6.07) is 11.2. The molecule has 7 nitrogen and oxygen atoms in total. The van der Waals surface area contributed by atoms with Crippen molar-refractivity contribution in [2.24, 2.45) is 0 Å². The van der Waals surface area contributed by atoms with E-state index in [-0.39, 0.29) is 16.6 Å². The lowest BCUT2D eigenvalue weighted by Gasteiger charge is -2.26. The molecule has 28 heavy (non-hydrogen) atoms. The van der Waals surface area contributed by atoms with E-state index in [0.717, 1.165) is 0 Å². The number of ether oxygens (including phenoxy) is 1. The van der Waals surface area contributed by atoms with Crippen LogP contribution in [0.3, 0.4) is 0 Å². The van der Waals surface area contributed by atoms with E-state index in [9.17, 15) is 17.6 Å². The van der Waals surface area contributed by atoms with Crippen molar-refractivity contribution in [1.82, 2.24) is 4.31 Å². The largest absolute Gasteiger partial charge is 0.379 e. The van der Waals surface area contributed by atoms with E-state index in [4.69, 9.17) is 4.74 Å². The lowest BCUT2D eigenvalue weighted by atomic mass is 10.2. The molecule has 1 atom stereocenters. The number of morpholine rings is 1. The van der Waals surface area contributed by atoms with Crippen LogP contribution in [0.5, 0.6) is 0 Å². The highest BCUT2D eigenvalue weighted by Crippen LogP contribution is 2.21. The van der Waals surface area contributed by atoms with Crippen LogP contribution in [0.15, 0.2) is 53.4 Å². The van der Waals surface area contributed by atoms with E-state index in [0.29, 0.717) is 37.7 Å². The van der Waals surface area contributed by atoms with Crippen molar-refractivity contribution in [1.29, 1.82) is 0 Å². The van der Waals surface area contributed by atoms with E-state index in [1.165, 1.54) is 40.7 Å². The highest BCUT2D eigenvalue weighted by Gasteiger charge is 2.26. The summed E-state index contributed by atoms with van der Waals surface area (Å²) in [4.78, 5) is 12.5. The Kier molecular flexibility index (Phi) is 6.28. The van der Waals surface area contributed by atoms with Crippen molar-refractivity contribution >= 4 is 27.3 Å². The highest BCUT2D eigenvalue weighted by atomic mass is 32.2. The van der Waals surface area contributed by atoms with Gasteiger partial charge in [-0.3, -0.25) is 4.79 Å². The molecule has 9 heteroatoms. The minimum atomic E-state index is -3.64. The van der Waals surface area contributed by atoms with Gasteiger partial charge < -0.3 is 15.4 Å². The first-order chi connectivity index (χ1) is 13.4. The summed E-state index contributed by atoms with van der Waals surface area (Å²) in [6.45, 7) is 2.99.